The molecule has 264 valence electrons. The zero-order valence-corrected chi connectivity index (χ0v) is 31.3. The number of nitrogens with zero attached hydrogens (tertiary/aromatic N) is 6. The van der Waals surface area contributed by atoms with E-state index in [-0.39, 0.29) is 5.97 Å². The Labute approximate surface area is 298 Å². The fourth-order valence-corrected chi connectivity index (χ4v) is 6.47. The topological polar surface area (TPSA) is 103 Å². The molecule has 2 aromatic carbocycles. The molecule has 3 aromatic rings. The van der Waals surface area contributed by atoms with Gasteiger partial charge >= 0.3 is 5.97 Å². The number of unbranched alkanes of at least 4 members (excludes halogenated alkanes) is 2. The third-order valence-electron chi connectivity index (χ3n) is 9.31. The summed E-state index contributed by atoms with van der Waals surface area (Å²) in [6.07, 6.45) is 11.9. The fraction of sp³-hybridized carbons (Fsp3) is 0.550. The molecular weight excluding hydrogens is 629 g/mol. The molecular formula is C40H56N6O2S. The van der Waals surface area contributed by atoms with E-state index >= 15 is 0 Å². The molecule has 49 heavy (non-hydrogen) atoms. The molecule has 2 unspecified atom stereocenters. The second-order valence-corrected chi connectivity index (χ2v) is 13.9. The lowest BCUT2D eigenvalue weighted by Crippen LogP contribution is -2.34. The van der Waals surface area contributed by atoms with Crippen LogP contribution in [-0.2, 0) is 4.74 Å². The van der Waals surface area contributed by atoms with Gasteiger partial charge in [0.05, 0.1) is 29.1 Å². The van der Waals surface area contributed by atoms with Crippen molar-refractivity contribution in [1.82, 2.24) is 0 Å². The van der Waals surface area contributed by atoms with Gasteiger partial charge in [-0.2, -0.15) is 5.26 Å². The molecule has 0 amide bonds. The van der Waals surface area contributed by atoms with Gasteiger partial charge in [0.15, 0.2) is 5.00 Å². The van der Waals surface area contributed by atoms with Crippen LogP contribution in [0.1, 0.15) is 122 Å². The molecule has 0 aliphatic rings. The Bertz CT molecular complexity index is 1470. The molecule has 0 radical (unpaired) electrons. The van der Waals surface area contributed by atoms with Crippen molar-refractivity contribution in [3.8, 4) is 6.07 Å². The average Bonchev–Trinajstić information content (AvgIpc) is 3.55. The van der Waals surface area contributed by atoms with E-state index in [1.807, 2.05) is 12.1 Å². The number of hydrogen-bond donors (Lipinski definition) is 0. The first-order chi connectivity index (χ1) is 23.9. The first-order valence-corrected chi connectivity index (χ1v) is 19.2. The van der Waals surface area contributed by atoms with E-state index in [2.05, 4.69) is 85.1 Å². The largest absolute Gasteiger partial charge is 0.462 e. The van der Waals surface area contributed by atoms with Gasteiger partial charge < -0.3 is 9.64 Å². The number of azo groups is 2. The molecule has 2 atom stereocenters. The number of hydrogen-bond acceptors (Lipinski definition) is 9. The Morgan fingerprint density at radius 1 is 0.755 bits per heavy atom. The Balaban J connectivity index is 1.69. The van der Waals surface area contributed by atoms with Crippen LogP contribution in [0, 0.1) is 29.1 Å². The Morgan fingerprint density at radius 3 is 1.80 bits per heavy atom. The number of esters is 1. The standard InChI is InChI=1S/C40H56N6O2S/c1-7-13-15-31(11-5)27-46(28-32(12-6)16-14-8-2)37-23-21-36(22-24-37)43-45-39-34(26-41)25-38(49-39)44-42-35-19-17-33(18-20-35)40(47)48-29-30(9-3)10-4/h17-25,30-32H,7-16,27-29H2,1-6H3/b44-42?,45-43+. The number of anilines is 1. The maximum absolute atomic E-state index is 12.4. The number of thiophene rings is 1. The van der Waals surface area contributed by atoms with E-state index < -0.39 is 0 Å². The third kappa shape index (κ3) is 13.1. The van der Waals surface area contributed by atoms with Crippen molar-refractivity contribution in [1.29, 1.82) is 5.26 Å². The summed E-state index contributed by atoms with van der Waals surface area (Å²) < 4.78 is 5.46. The summed E-state index contributed by atoms with van der Waals surface area (Å²) in [6, 6.07) is 19.0. The molecule has 1 aromatic heterocycles. The smallest absolute Gasteiger partial charge is 0.338 e. The van der Waals surface area contributed by atoms with E-state index in [9.17, 15) is 10.1 Å². The zero-order chi connectivity index (χ0) is 35.4. The van der Waals surface area contributed by atoms with Crippen LogP contribution in [0.4, 0.5) is 27.1 Å². The molecule has 0 fully saturated rings. The molecule has 9 heteroatoms. The van der Waals surface area contributed by atoms with Gasteiger partial charge in [0.1, 0.15) is 11.1 Å². The van der Waals surface area contributed by atoms with Gasteiger partial charge in [-0.25, -0.2) is 4.79 Å². The minimum atomic E-state index is -0.339. The highest BCUT2D eigenvalue weighted by Gasteiger charge is 2.18. The van der Waals surface area contributed by atoms with E-state index in [1.165, 1.54) is 68.4 Å². The van der Waals surface area contributed by atoms with Crippen molar-refractivity contribution in [3.63, 3.8) is 0 Å². The maximum atomic E-state index is 12.4. The highest BCUT2D eigenvalue weighted by atomic mass is 32.1. The number of benzene rings is 2. The summed E-state index contributed by atoms with van der Waals surface area (Å²) in [5.74, 6) is 1.41. The summed E-state index contributed by atoms with van der Waals surface area (Å²) in [5.41, 5.74) is 3.43. The van der Waals surface area contributed by atoms with Crippen molar-refractivity contribution >= 4 is 44.4 Å². The number of carbonyl (C=O) groups is 1. The zero-order valence-electron chi connectivity index (χ0n) is 30.5. The summed E-state index contributed by atoms with van der Waals surface area (Å²) in [4.78, 5) is 15.0. The highest BCUT2D eigenvalue weighted by Crippen LogP contribution is 2.38. The molecule has 3 rings (SSSR count). The predicted molar refractivity (Wildman–Crippen MR) is 203 cm³/mol. The Morgan fingerprint density at radius 2 is 1.29 bits per heavy atom. The molecule has 0 bridgehead atoms. The summed E-state index contributed by atoms with van der Waals surface area (Å²) >= 11 is 1.26. The molecule has 8 nitrogen and oxygen atoms in total. The molecule has 0 saturated heterocycles. The molecule has 0 spiro atoms. The fourth-order valence-electron chi connectivity index (χ4n) is 5.72. The van der Waals surface area contributed by atoms with Crippen molar-refractivity contribution < 1.29 is 9.53 Å². The first kappa shape index (κ1) is 39.5. The number of rotatable bonds is 22. The van der Waals surface area contributed by atoms with Crippen molar-refractivity contribution in [2.45, 2.75) is 106 Å². The van der Waals surface area contributed by atoms with Gasteiger partial charge in [0, 0.05) is 18.8 Å². The van der Waals surface area contributed by atoms with Gasteiger partial charge in [-0.15, -0.1) is 20.5 Å². The molecule has 0 N–H and O–H groups in total. The molecule has 0 aliphatic carbocycles. The van der Waals surface area contributed by atoms with Crippen molar-refractivity contribution in [2.75, 3.05) is 24.6 Å². The summed E-state index contributed by atoms with van der Waals surface area (Å²) in [5, 5.41) is 28.3. The van der Waals surface area contributed by atoms with Crippen LogP contribution >= 0.6 is 11.3 Å². The second-order valence-electron chi connectivity index (χ2n) is 12.9. The molecule has 1 heterocycles. The Kier molecular flexibility index (Phi) is 17.7. The van der Waals surface area contributed by atoms with Crippen LogP contribution in [0.2, 0.25) is 0 Å². The minimum Gasteiger partial charge on any atom is -0.462 e. The third-order valence-corrected chi connectivity index (χ3v) is 10.2. The van der Waals surface area contributed by atoms with E-state index in [1.54, 1.807) is 30.3 Å². The number of nitriles is 1. The maximum Gasteiger partial charge on any atom is 0.338 e. The number of ether oxygens (including phenoxy) is 1. The van der Waals surface area contributed by atoms with Crippen LogP contribution in [0.3, 0.4) is 0 Å². The van der Waals surface area contributed by atoms with Gasteiger partial charge in [-0.05, 0) is 85.2 Å². The van der Waals surface area contributed by atoms with Gasteiger partial charge in [-0.1, -0.05) is 104 Å². The second kappa shape index (κ2) is 21.9. The SMILES string of the molecule is CCCCC(CC)CN(CC(CC)CCCC)c1ccc(/N=N/c2sc(N=Nc3ccc(C(=O)OCC(CC)CC)cc3)cc2C#N)cc1. The summed E-state index contributed by atoms with van der Waals surface area (Å²) in [6.45, 7) is 16.0. The average molecular weight is 685 g/mol. The van der Waals surface area contributed by atoms with E-state index in [0.29, 0.717) is 51.2 Å². The van der Waals surface area contributed by atoms with Crippen molar-refractivity contribution in [3.05, 3.63) is 65.7 Å². The van der Waals surface area contributed by atoms with Crippen LogP contribution in [0.15, 0.2) is 75.1 Å². The van der Waals surface area contributed by atoms with Crippen LogP contribution < -0.4 is 4.90 Å². The molecule has 0 aliphatic heterocycles. The van der Waals surface area contributed by atoms with E-state index in [4.69, 9.17) is 4.74 Å². The lowest BCUT2D eigenvalue weighted by Gasteiger charge is -2.32. The lowest BCUT2D eigenvalue weighted by atomic mass is 9.95. The Hall–Kier alpha value is -3.90. The van der Waals surface area contributed by atoms with Crippen molar-refractivity contribution in [2.24, 2.45) is 38.2 Å². The lowest BCUT2D eigenvalue weighted by molar-refractivity contribution is 0.0433. The monoisotopic (exact) mass is 684 g/mol. The predicted octanol–water partition coefficient (Wildman–Crippen LogP) is 13.3. The first-order valence-electron chi connectivity index (χ1n) is 18.4. The van der Waals surface area contributed by atoms with Crippen LogP contribution in [-0.4, -0.2) is 25.7 Å². The van der Waals surface area contributed by atoms with Crippen LogP contribution in [0.25, 0.3) is 0 Å². The normalized spacial score (nSPS) is 12.9. The minimum absolute atomic E-state index is 0.339. The quantitative estimate of drug-likeness (QED) is 0.0776. The van der Waals surface area contributed by atoms with Gasteiger partial charge in [0.2, 0.25) is 0 Å². The highest BCUT2D eigenvalue weighted by molar-refractivity contribution is 7.19. The van der Waals surface area contributed by atoms with Gasteiger partial charge in [0.25, 0.3) is 0 Å². The number of carbonyl (C=O) groups excluding carboxylic acids is 1. The summed E-state index contributed by atoms with van der Waals surface area (Å²) in [7, 11) is 0. The van der Waals surface area contributed by atoms with Gasteiger partial charge in [-0.3, -0.25) is 0 Å². The van der Waals surface area contributed by atoms with E-state index in [0.717, 1.165) is 31.6 Å². The van der Waals surface area contributed by atoms with Crippen LogP contribution in [0.5, 0.6) is 0 Å². The molecule has 0 saturated carbocycles.